The summed E-state index contributed by atoms with van der Waals surface area (Å²) in [6.45, 7) is 3.39. The molecule has 1 aromatic rings. The standard InChI is InChI=1S/C14H13N2O4S/c1-11-7-8-12(2)15(10-9-11)21(19,20)14-6-4-3-5-13(14)16(17)18/h3-8,10H,1-2H3. The summed E-state index contributed by atoms with van der Waals surface area (Å²) in [4.78, 5) is 9.97. The Morgan fingerprint density at radius 1 is 1.19 bits per heavy atom. The van der Waals surface area contributed by atoms with Gasteiger partial charge in [-0.15, -0.1) is 0 Å². The summed E-state index contributed by atoms with van der Waals surface area (Å²) in [5, 5.41) is 11.0. The van der Waals surface area contributed by atoms with E-state index in [4.69, 9.17) is 0 Å². The third kappa shape index (κ3) is 2.87. The molecule has 1 heterocycles. The average molecular weight is 305 g/mol. The number of allylic oxidation sites excluding steroid dienone is 5. The number of hydrogen-bond donors (Lipinski definition) is 0. The molecule has 0 saturated carbocycles. The van der Waals surface area contributed by atoms with E-state index in [1.165, 1.54) is 30.5 Å². The van der Waals surface area contributed by atoms with Gasteiger partial charge in [-0.25, -0.2) is 12.7 Å². The van der Waals surface area contributed by atoms with E-state index >= 15 is 0 Å². The lowest BCUT2D eigenvalue weighted by molar-refractivity contribution is -0.387. The molecule has 0 atom stereocenters. The minimum atomic E-state index is -4.06. The summed E-state index contributed by atoms with van der Waals surface area (Å²) < 4.78 is 26.3. The van der Waals surface area contributed by atoms with E-state index in [2.05, 4.69) is 6.08 Å². The van der Waals surface area contributed by atoms with Crippen LogP contribution in [0.15, 0.2) is 58.8 Å². The van der Waals surface area contributed by atoms with Crippen molar-refractivity contribution < 1.29 is 13.3 Å². The van der Waals surface area contributed by atoms with Crippen molar-refractivity contribution in [3.05, 3.63) is 70.1 Å². The van der Waals surface area contributed by atoms with Crippen LogP contribution in [0.1, 0.15) is 13.8 Å². The van der Waals surface area contributed by atoms with Crippen LogP contribution >= 0.6 is 0 Å². The normalized spacial score (nSPS) is 15.2. The second-order valence-corrected chi connectivity index (χ2v) is 6.24. The summed E-state index contributed by atoms with van der Waals surface area (Å²) in [5.74, 6) is 0. The predicted molar refractivity (Wildman–Crippen MR) is 77.4 cm³/mol. The zero-order valence-corrected chi connectivity index (χ0v) is 12.3. The summed E-state index contributed by atoms with van der Waals surface area (Å²) in [5.41, 5.74) is 0.736. The molecule has 0 aliphatic carbocycles. The molecule has 0 unspecified atom stereocenters. The molecule has 2 rings (SSSR count). The Kier molecular flexibility index (Phi) is 3.95. The number of nitro benzene ring substituents is 1. The quantitative estimate of drug-likeness (QED) is 0.635. The highest BCUT2D eigenvalue weighted by Crippen LogP contribution is 2.29. The summed E-state index contributed by atoms with van der Waals surface area (Å²) in [6, 6.07) is 5.27. The van der Waals surface area contributed by atoms with E-state index < -0.39 is 20.6 Å². The molecule has 0 saturated heterocycles. The van der Waals surface area contributed by atoms with E-state index in [-0.39, 0.29) is 4.90 Å². The van der Waals surface area contributed by atoms with Crippen LogP contribution in [0.2, 0.25) is 0 Å². The number of nitro groups is 1. The third-order valence-corrected chi connectivity index (χ3v) is 4.74. The van der Waals surface area contributed by atoms with Gasteiger partial charge in [0.2, 0.25) is 0 Å². The van der Waals surface area contributed by atoms with Gasteiger partial charge in [-0.3, -0.25) is 10.1 Å². The van der Waals surface area contributed by atoms with Gasteiger partial charge in [-0.1, -0.05) is 18.2 Å². The fraction of sp³-hybridized carbons (Fsp3) is 0.143. The van der Waals surface area contributed by atoms with Gasteiger partial charge in [-0.05, 0) is 31.6 Å². The maximum absolute atomic E-state index is 12.7. The Balaban J connectivity index is 2.59. The molecule has 0 amide bonds. The zero-order valence-electron chi connectivity index (χ0n) is 11.5. The molecule has 1 aliphatic heterocycles. The third-order valence-electron chi connectivity index (χ3n) is 2.93. The average Bonchev–Trinajstić information content (AvgIpc) is 2.61. The first-order chi connectivity index (χ1) is 9.84. The van der Waals surface area contributed by atoms with Gasteiger partial charge in [0.25, 0.3) is 15.7 Å². The Morgan fingerprint density at radius 2 is 1.86 bits per heavy atom. The maximum atomic E-state index is 12.7. The minimum absolute atomic E-state index is 0.347. The van der Waals surface area contributed by atoms with Crippen LogP contribution < -0.4 is 0 Å². The monoisotopic (exact) mass is 305 g/mol. The molecular weight excluding hydrogens is 292 g/mol. The molecular formula is C14H13N2O4S. The largest absolute Gasteiger partial charge is 0.289 e. The fourth-order valence-electron chi connectivity index (χ4n) is 1.82. The van der Waals surface area contributed by atoms with Crippen LogP contribution in [0.25, 0.3) is 0 Å². The highest BCUT2D eigenvalue weighted by molar-refractivity contribution is 7.89. The fourth-order valence-corrected chi connectivity index (χ4v) is 3.32. The lowest BCUT2D eigenvalue weighted by atomic mass is 10.3. The number of para-hydroxylation sites is 1. The Morgan fingerprint density at radius 3 is 2.52 bits per heavy atom. The topological polar surface area (TPSA) is 80.5 Å². The summed E-state index contributed by atoms with van der Waals surface area (Å²) in [7, 11) is -4.06. The molecule has 1 aromatic carbocycles. The summed E-state index contributed by atoms with van der Waals surface area (Å²) >= 11 is 0. The first-order valence-corrected chi connectivity index (χ1v) is 7.51. The minimum Gasteiger partial charge on any atom is -0.258 e. The van der Waals surface area contributed by atoms with Crippen molar-refractivity contribution in [2.24, 2.45) is 0 Å². The van der Waals surface area contributed by atoms with E-state index in [1.54, 1.807) is 26.0 Å². The molecule has 0 bridgehead atoms. The van der Waals surface area contributed by atoms with Crippen molar-refractivity contribution >= 4 is 15.7 Å². The zero-order chi connectivity index (χ0) is 15.6. The molecule has 0 aromatic heterocycles. The van der Waals surface area contributed by atoms with Gasteiger partial charge in [-0.2, -0.15) is 0 Å². The van der Waals surface area contributed by atoms with Crippen molar-refractivity contribution in [3.63, 3.8) is 0 Å². The van der Waals surface area contributed by atoms with Crippen molar-refractivity contribution in [2.75, 3.05) is 0 Å². The molecule has 0 fully saturated rings. The lowest BCUT2D eigenvalue weighted by Crippen LogP contribution is -2.25. The van der Waals surface area contributed by atoms with E-state index in [0.717, 1.165) is 9.88 Å². The van der Waals surface area contributed by atoms with E-state index in [0.29, 0.717) is 5.70 Å². The Hall–Kier alpha value is -2.41. The Bertz CT molecular complexity index is 776. The summed E-state index contributed by atoms with van der Waals surface area (Å²) in [6.07, 6.45) is 7.43. The molecule has 1 radical (unpaired) electrons. The van der Waals surface area contributed by atoms with Crippen LogP contribution in [0, 0.1) is 16.2 Å². The van der Waals surface area contributed by atoms with Gasteiger partial charge in [0, 0.05) is 24.0 Å². The van der Waals surface area contributed by atoms with Gasteiger partial charge in [0.15, 0.2) is 4.90 Å². The van der Waals surface area contributed by atoms with Crippen LogP contribution in [0.3, 0.4) is 0 Å². The first kappa shape index (κ1) is 15.0. The van der Waals surface area contributed by atoms with Crippen LogP contribution in [0.4, 0.5) is 5.69 Å². The van der Waals surface area contributed by atoms with Gasteiger partial charge in [0.05, 0.1) is 4.92 Å². The van der Waals surface area contributed by atoms with E-state index in [9.17, 15) is 18.5 Å². The van der Waals surface area contributed by atoms with Gasteiger partial charge in [0.1, 0.15) is 0 Å². The number of nitrogens with zero attached hydrogens (tertiary/aromatic N) is 2. The number of benzene rings is 1. The van der Waals surface area contributed by atoms with Crippen molar-refractivity contribution in [2.45, 2.75) is 18.7 Å². The van der Waals surface area contributed by atoms with Crippen molar-refractivity contribution in [3.8, 4) is 0 Å². The SMILES string of the molecule is CC1=CC=C(C)N(S(=O)(=O)c2ccccc2[N+](=O)[O-])C=[C]1. The molecule has 109 valence electrons. The Labute approximate surface area is 122 Å². The highest BCUT2D eigenvalue weighted by atomic mass is 32.2. The van der Waals surface area contributed by atoms with Gasteiger partial charge < -0.3 is 0 Å². The molecule has 21 heavy (non-hydrogen) atoms. The van der Waals surface area contributed by atoms with E-state index in [1.807, 2.05) is 0 Å². The molecule has 0 N–H and O–H groups in total. The second kappa shape index (κ2) is 5.53. The second-order valence-electron chi connectivity index (χ2n) is 4.46. The van der Waals surface area contributed by atoms with Crippen molar-refractivity contribution in [1.29, 1.82) is 0 Å². The molecule has 1 aliphatic rings. The molecule has 0 spiro atoms. The smallest absolute Gasteiger partial charge is 0.258 e. The number of rotatable bonds is 3. The van der Waals surface area contributed by atoms with Crippen LogP contribution in [-0.2, 0) is 10.0 Å². The number of hydrogen-bond acceptors (Lipinski definition) is 4. The maximum Gasteiger partial charge on any atom is 0.289 e. The number of sulfonamides is 1. The molecule has 6 nitrogen and oxygen atoms in total. The predicted octanol–water partition coefficient (Wildman–Crippen LogP) is 2.77. The van der Waals surface area contributed by atoms with Crippen LogP contribution in [0.5, 0.6) is 0 Å². The van der Waals surface area contributed by atoms with Crippen molar-refractivity contribution in [1.82, 2.24) is 4.31 Å². The lowest BCUT2D eigenvalue weighted by Gasteiger charge is -2.20. The van der Waals surface area contributed by atoms with Gasteiger partial charge >= 0.3 is 0 Å². The highest BCUT2D eigenvalue weighted by Gasteiger charge is 2.30. The first-order valence-electron chi connectivity index (χ1n) is 6.07. The molecule has 7 heteroatoms. The van der Waals surface area contributed by atoms with Crippen LogP contribution in [-0.4, -0.2) is 17.6 Å².